The maximum Gasteiger partial charge on any atom is 0.131 e. The van der Waals surface area contributed by atoms with E-state index < -0.39 is 0 Å². The van der Waals surface area contributed by atoms with Gasteiger partial charge in [0.25, 0.3) is 0 Å². The van der Waals surface area contributed by atoms with Crippen molar-refractivity contribution < 1.29 is 0 Å². The average molecular weight is 234 g/mol. The summed E-state index contributed by atoms with van der Waals surface area (Å²) in [5, 5.41) is 3.10. The molecular weight excluding hydrogens is 212 g/mol. The molecule has 2 rings (SSSR count). The summed E-state index contributed by atoms with van der Waals surface area (Å²) in [5.74, 6) is 2.04. The highest BCUT2D eigenvalue weighted by Crippen LogP contribution is 2.25. The zero-order valence-electron chi connectivity index (χ0n) is 11.0. The van der Waals surface area contributed by atoms with Crippen molar-refractivity contribution in [2.24, 2.45) is 0 Å². The van der Waals surface area contributed by atoms with Crippen LogP contribution in [-0.2, 0) is 0 Å². The second-order valence-corrected chi connectivity index (χ2v) is 4.88. The van der Waals surface area contributed by atoms with Gasteiger partial charge in [0.2, 0.25) is 0 Å². The molecule has 94 valence electrons. The van der Waals surface area contributed by atoms with Crippen molar-refractivity contribution in [3.05, 3.63) is 18.2 Å². The van der Waals surface area contributed by atoms with E-state index in [-0.39, 0.29) is 0 Å². The fourth-order valence-corrected chi connectivity index (χ4v) is 2.47. The zero-order valence-corrected chi connectivity index (χ0v) is 11.0. The van der Waals surface area contributed by atoms with E-state index in [0.29, 0.717) is 6.04 Å². The number of rotatable bonds is 4. The van der Waals surface area contributed by atoms with Gasteiger partial charge in [0.1, 0.15) is 11.6 Å². The smallest absolute Gasteiger partial charge is 0.131 e. The van der Waals surface area contributed by atoms with Crippen LogP contribution in [0.3, 0.4) is 0 Å². The van der Waals surface area contributed by atoms with Crippen molar-refractivity contribution in [3.63, 3.8) is 0 Å². The zero-order chi connectivity index (χ0) is 12.3. The molecule has 1 saturated heterocycles. The molecule has 1 aliphatic rings. The summed E-state index contributed by atoms with van der Waals surface area (Å²) in [6.45, 7) is 2.23. The topological polar surface area (TPSA) is 31.4 Å². The summed E-state index contributed by atoms with van der Waals surface area (Å²) < 4.78 is 0. The molecule has 1 aliphatic heterocycles. The van der Waals surface area contributed by atoms with Crippen LogP contribution in [0.25, 0.3) is 0 Å². The maximum absolute atomic E-state index is 4.63. The second-order valence-electron chi connectivity index (χ2n) is 4.88. The van der Waals surface area contributed by atoms with E-state index in [1.165, 1.54) is 12.8 Å². The van der Waals surface area contributed by atoms with E-state index in [9.17, 15) is 0 Å². The molecule has 2 heterocycles. The van der Waals surface area contributed by atoms with Crippen LogP contribution >= 0.6 is 0 Å². The Morgan fingerprint density at radius 3 is 3.00 bits per heavy atom. The largest absolute Gasteiger partial charge is 0.373 e. The highest BCUT2D eigenvalue weighted by Gasteiger charge is 2.25. The van der Waals surface area contributed by atoms with Gasteiger partial charge >= 0.3 is 0 Å². The third-order valence-corrected chi connectivity index (χ3v) is 3.24. The van der Waals surface area contributed by atoms with Crippen LogP contribution in [0.5, 0.6) is 0 Å². The molecule has 0 aliphatic carbocycles. The lowest BCUT2D eigenvalue weighted by Gasteiger charge is -2.28. The highest BCUT2D eigenvalue weighted by molar-refractivity contribution is 5.48. The SMILES string of the molecule is CNc1cccc(N2CCCC2CN(C)C)n1. The molecular formula is C13H22N4. The summed E-state index contributed by atoms with van der Waals surface area (Å²) in [4.78, 5) is 9.31. The van der Waals surface area contributed by atoms with Gasteiger partial charge in [-0.3, -0.25) is 0 Å². The predicted molar refractivity (Wildman–Crippen MR) is 72.7 cm³/mol. The molecule has 0 saturated carbocycles. The van der Waals surface area contributed by atoms with Crippen molar-refractivity contribution in [3.8, 4) is 0 Å². The van der Waals surface area contributed by atoms with Gasteiger partial charge in [-0.05, 0) is 39.1 Å². The van der Waals surface area contributed by atoms with Crippen molar-refractivity contribution in [2.75, 3.05) is 44.4 Å². The Hall–Kier alpha value is -1.29. The van der Waals surface area contributed by atoms with Gasteiger partial charge in [-0.25, -0.2) is 4.98 Å². The fourth-order valence-electron chi connectivity index (χ4n) is 2.47. The molecule has 17 heavy (non-hydrogen) atoms. The Morgan fingerprint density at radius 1 is 1.47 bits per heavy atom. The number of likely N-dealkylation sites (N-methyl/N-ethyl adjacent to an activating group) is 1. The molecule has 0 radical (unpaired) electrons. The van der Waals surface area contributed by atoms with Crippen molar-refractivity contribution in [1.82, 2.24) is 9.88 Å². The Kier molecular flexibility index (Phi) is 3.84. The van der Waals surface area contributed by atoms with Gasteiger partial charge in [0, 0.05) is 26.2 Å². The summed E-state index contributed by atoms with van der Waals surface area (Å²) in [7, 11) is 6.18. The number of aromatic nitrogens is 1. The van der Waals surface area contributed by atoms with Crippen LogP contribution in [0.2, 0.25) is 0 Å². The number of anilines is 2. The molecule has 0 aromatic carbocycles. The number of hydrogen-bond donors (Lipinski definition) is 1. The van der Waals surface area contributed by atoms with Crippen LogP contribution in [0.4, 0.5) is 11.6 Å². The first-order valence-electron chi connectivity index (χ1n) is 6.27. The minimum atomic E-state index is 0.601. The van der Waals surface area contributed by atoms with Crippen LogP contribution in [0.15, 0.2) is 18.2 Å². The summed E-state index contributed by atoms with van der Waals surface area (Å²) in [5.41, 5.74) is 0. The van der Waals surface area contributed by atoms with Crippen LogP contribution in [-0.4, -0.2) is 50.2 Å². The second kappa shape index (κ2) is 5.36. The summed E-state index contributed by atoms with van der Waals surface area (Å²) in [6.07, 6.45) is 2.54. The average Bonchev–Trinajstić information content (AvgIpc) is 2.76. The number of pyridine rings is 1. The molecule has 1 unspecified atom stereocenters. The Morgan fingerprint density at radius 2 is 2.29 bits per heavy atom. The van der Waals surface area contributed by atoms with E-state index in [1.807, 2.05) is 13.1 Å². The lowest BCUT2D eigenvalue weighted by atomic mass is 10.2. The molecule has 4 nitrogen and oxygen atoms in total. The van der Waals surface area contributed by atoms with E-state index >= 15 is 0 Å². The van der Waals surface area contributed by atoms with Crippen molar-refractivity contribution >= 4 is 11.6 Å². The molecule has 1 fully saturated rings. The van der Waals surface area contributed by atoms with E-state index in [1.54, 1.807) is 0 Å². The van der Waals surface area contributed by atoms with Gasteiger partial charge < -0.3 is 15.1 Å². The van der Waals surface area contributed by atoms with Crippen LogP contribution in [0.1, 0.15) is 12.8 Å². The van der Waals surface area contributed by atoms with Gasteiger partial charge in [-0.2, -0.15) is 0 Å². The monoisotopic (exact) mass is 234 g/mol. The summed E-state index contributed by atoms with van der Waals surface area (Å²) in [6, 6.07) is 6.78. The number of nitrogens with one attached hydrogen (secondary N) is 1. The first-order valence-corrected chi connectivity index (χ1v) is 6.27. The Balaban J connectivity index is 2.14. The van der Waals surface area contributed by atoms with Gasteiger partial charge in [-0.1, -0.05) is 6.07 Å². The van der Waals surface area contributed by atoms with Gasteiger partial charge in [0.15, 0.2) is 0 Å². The molecule has 1 N–H and O–H groups in total. The predicted octanol–water partition coefficient (Wildman–Crippen LogP) is 1.65. The van der Waals surface area contributed by atoms with E-state index in [4.69, 9.17) is 0 Å². The van der Waals surface area contributed by atoms with Crippen LogP contribution in [0, 0.1) is 0 Å². The lowest BCUT2D eigenvalue weighted by molar-refractivity contribution is 0.371. The van der Waals surface area contributed by atoms with E-state index in [0.717, 1.165) is 24.7 Å². The Labute approximate surface area is 104 Å². The molecule has 1 atom stereocenters. The van der Waals surface area contributed by atoms with Crippen molar-refractivity contribution in [1.29, 1.82) is 0 Å². The first-order chi connectivity index (χ1) is 8.20. The number of nitrogens with zero attached hydrogens (tertiary/aromatic N) is 3. The van der Waals surface area contributed by atoms with Crippen molar-refractivity contribution in [2.45, 2.75) is 18.9 Å². The van der Waals surface area contributed by atoms with E-state index in [2.05, 4.69) is 46.3 Å². The molecule has 4 heteroatoms. The normalized spacial score (nSPS) is 20.0. The third-order valence-electron chi connectivity index (χ3n) is 3.24. The molecule has 1 aromatic rings. The third kappa shape index (κ3) is 2.88. The Bertz CT molecular complexity index is 364. The minimum Gasteiger partial charge on any atom is -0.373 e. The quantitative estimate of drug-likeness (QED) is 0.858. The van der Waals surface area contributed by atoms with Crippen LogP contribution < -0.4 is 10.2 Å². The number of hydrogen-bond acceptors (Lipinski definition) is 4. The van der Waals surface area contributed by atoms with Gasteiger partial charge in [0.05, 0.1) is 0 Å². The molecule has 0 bridgehead atoms. The minimum absolute atomic E-state index is 0.601. The van der Waals surface area contributed by atoms with Gasteiger partial charge in [-0.15, -0.1) is 0 Å². The molecule has 0 amide bonds. The molecule has 1 aromatic heterocycles. The molecule has 0 spiro atoms. The summed E-state index contributed by atoms with van der Waals surface area (Å²) >= 11 is 0. The standard InChI is InChI=1S/C13H22N4/c1-14-12-7-4-8-13(15-12)17-9-5-6-11(17)10-16(2)3/h4,7-8,11H,5-6,9-10H2,1-3H3,(H,14,15). The maximum atomic E-state index is 4.63. The first kappa shape index (κ1) is 12.2. The lowest BCUT2D eigenvalue weighted by Crippen LogP contribution is -2.38. The highest BCUT2D eigenvalue weighted by atomic mass is 15.3. The fraction of sp³-hybridized carbons (Fsp3) is 0.615.